The average Bonchev–Trinajstić information content (AvgIpc) is 2.98. The van der Waals surface area contributed by atoms with Crippen molar-refractivity contribution < 1.29 is 14.4 Å². The van der Waals surface area contributed by atoms with Crippen molar-refractivity contribution in [2.45, 2.75) is 25.5 Å². The maximum absolute atomic E-state index is 12.4. The van der Waals surface area contributed by atoms with Crippen molar-refractivity contribution in [2.24, 2.45) is 0 Å². The first kappa shape index (κ1) is 21.0. The molecule has 0 radical (unpaired) electrons. The Morgan fingerprint density at radius 2 is 1.86 bits per heavy atom. The van der Waals surface area contributed by atoms with Gasteiger partial charge in [-0.1, -0.05) is 35.5 Å². The number of thioether (sulfide) groups is 1. The monoisotopic (exact) mass is 429 g/mol. The largest absolute Gasteiger partial charge is 0.326 e. The van der Waals surface area contributed by atoms with Gasteiger partial charge in [0.1, 0.15) is 0 Å². The van der Waals surface area contributed by atoms with E-state index in [4.69, 9.17) is 11.6 Å². The molecule has 1 atom stereocenters. The molecule has 29 heavy (non-hydrogen) atoms. The van der Waals surface area contributed by atoms with Gasteiger partial charge in [0.15, 0.2) is 0 Å². The maximum Gasteiger partial charge on any atom is 0.250 e. The van der Waals surface area contributed by atoms with Crippen LogP contribution < -0.4 is 16.0 Å². The third-order valence-electron chi connectivity index (χ3n) is 4.22. The number of benzene rings is 2. The number of rotatable bonds is 5. The lowest BCUT2D eigenvalue weighted by molar-refractivity contribution is -0.122. The number of carbonyl (C=O) groups excluding carboxylic acids is 3. The zero-order chi connectivity index (χ0) is 21.0. The Kier molecular flexibility index (Phi) is 6.61. The SMILES string of the molecule is Cc1ccc(C)c(NC(=O)C[C@H]2SC(=CC(=O)Nc3ccc(Cl)cc3)NC2=O)c1. The molecule has 2 aromatic carbocycles. The molecule has 3 amide bonds. The molecule has 1 fully saturated rings. The van der Waals surface area contributed by atoms with Crippen LogP contribution in [0.2, 0.25) is 5.02 Å². The molecule has 8 heteroatoms. The second-order valence-electron chi connectivity index (χ2n) is 6.67. The first-order valence-electron chi connectivity index (χ1n) is 8.93. The highest BCUT2D eigenvalue weighted by molar-refractivity contribution is 8.04. The highest BCUT2D eigenvalue weighted by Crippen LogP contribution is 2.29. The van der Waals surface area contributed by atoms with E-state index in [9.17, 15) is 14.4 Å². The standard InChI is InChI=1S/C21H20ClN3O3S/c1-12-3-4-13(2)16(9-12)24-18(26)10-17-21(28)25-20(29-17)11-19(27)23-15-7-5-14(22)6-8-15/h3-9,11,17H,10H2,1-2H3,(H,23,27)(H,24,26)(H,25,28)/t17-/m1/s1. The van der Waals surface area contributed by atoms with Crippen LogP contribution in [0.15, 0.2) is 53.6 Å². The first-order valence-corrected chi connectivity index (χ1v) is 10.2. The second kappa shape index (κ2) is 9.15. The summed E-state index contributed by atoms with van der Waals surface area (Å²) in [7, 11) is 0. The zero-order valence-corrected chi connectivity index (χ0v) is 17.5. The summed E-state index contributed by atoms with van der Waals surface area (Å²) in [6.45, 7) is 3.85. The van der Waals surface area contributed by atoms with Crippen LogP contribution in [0.25, 0.3) is 0 Å². The Labute approximate surface area is 178 Å². The normalized spacial score (nSPS) is 17.1. The van der Waals surface area contributed by atoms with Crippen molar-refractivity contribution in [3.05, 3.63) is 69.7 Å². The van der Waals surface area contributed by atoms with Gasteiger partial charge < -0.3 is 16.0 Å². The molecular formula is C21H20ClN3O3S. The number of nitrogens with one attached hydrogen (secondary N) is 3. The van der Waals surface area contributed by atoms with E-state index in [0.717, 1.165) is 28.6 Å². The molecule has 3 rings (SSSR count). The molecule has 0 aromatic heterocycles. The van der Waals surface area contributed by atoms with Gasteiger partial charge in [0.05, 0.1) is 10.3 Å². The quantitative estimate of drug-likeness (QED) is 0.627. The van der Waals surface area contributed by atoms with Gasteiger partial charge in [0.2, 0.25) is 11.8 Å². The molecule has 0 bridgehead atoms. The second-order valence-corrected chi connectivity index (χ2v) is 8.35. The van der Waals surface area contributed by atoms with Crippen LogP contribution in [-0.4, -0.2) is 23.0 Å². The number of amides is 3. The predicted molar refractivity (Wildman–Crippen MR) is 117 cm³/mol. The van der Waals surface area contributed by atoms with Crippen LogP contribution in [0.5, 0.6) is 0 Å². The molecule has 0 unspecified atom stereocenters. The van der Waals surface area contributed by atoms with E-state index < -0.39 is 5.25 Å². The molecule has 1 heterocycles. The van der Waals surface area contributed by atoms with Crippen LogP contribution in [0.4, 0.5) is 11.4 Å². The third-order valence-corrected chi connectivity index (χ3v) is 5.61. The van der Waals surface area contributed by atoms with E-state index in [-0.39, 0.29) is 24.1 Å². The smallest absolute Gasteiger partial charge is 0.250 e. The minimum absolute atomic E-state index is 0.0139. The number of halogens is 1. The Balaban J connectivity index is 1.57. The summed E-state index contributed by atoms with van der Waals surface area (Å²) < 4.78 is 0. The van der Waals surface area contributed by atoms with Crippen LogP contribution in [0.3, 0.4) is 0 Å². The van der Waals surface area contributed by atoms with Gasteiger partial charge in [0, 0.05) is 28.9 Å². The molecule has 1 aliphatic heterocycles. The van der Waals surface area contributed by atoms with Crippen LogP contribution >= 0.6 is 23.4 Å². The van der Waals surface area contributed by atoms with Crippen molar-refractivity contribution in [1.29, 1.82) is 0 Å². The predicted octanol–water partition coefficient (Wildman–Crippen LogP) is 4.00. The zero-order valence-electron chi connectivity index (χ0n) is 15.9. The highest BCUT2D eigenvalue weighted by atomic mass is 35.5. The number of anilines is 2. The molecule has 0 saturated carbocycles. The minimum Gasteiger partial charge on any atom is -0.326 e. The van der Waals surface area contributed by atoms with Crippen molar-refractivity contribution >= 4 is 52.5 Å². The molecule has 1 aliphatic rings. The number of hydrogen-bond donors (Lipinski definition) is 3. The Morgan fingerprint density at radius 1 is 1.14 bits per heavy atom. The molecule has 0 aliphatic carbocycles. The maximum atomic E-state index is 12.4. The summed E-state index contributed by atoms with van der Waals surface area (Å²) in [5.41, 5.74) is 3.31. The van der Waals surface area contributed by atoms with Gasteiger partial charge in [-0.2, -0.15) is 0 Å². The van der Waals surface area contributed by atoms with E-state index >= 15 is 0 Å². The van der Waals surface area contributed by atoms with Gasteiger partial charge in [0.25, 0.3) is 5.91 Å². The Hall–Kier alpha value is -2.77. The molecular weight excluding hydrogens is 410 g/mol. The molecule has 6 nitrogen and oxygen atoms in total. The van der Waals surface area contributed by atoms with E-state index in [2.05, 4.69) is 16.0 Å². The minimum atomic E-state index is -0.588. The van der Waals surface area contributed by atoms with Crippen molar-refractivity contribution in [2.75, 3.05) is 10.6 Å². The Morgan fingerprint density at radius 3 is 2.59 bits per heavy atom. The number of hydrogen-bond acceptors (Lipinski definition) is 4. The van der Waals surface area contributed by atoms with Crippen molar-refractivity contribution in [3.63, 3.8) is 0 Å². The van der Waals surface area contributed by atoms with Gasteiger partial charge in [-0.25, -0.2) is 0 Å². The topological polar surface area (TPSA) is 87.3 Å². The van der Waals surface area contributed by atoms with E-state index in [0.29, 0.717) is 15.7 Å². The first-order chi connectivity index (χ1) is 13.8. The van der Waals surface area contributed by atoms with E-state index in [1.807, 2.05) is 32.0 Å². The summed E-state index contributed by atoms with van der Waals surface area (Å²) >= 11 is 6.98. The van der Waals surface area contributed by atoms with Crippen molar-refractivity contribution in [3.8, 4) is 0 Å². The van der Waals surface area contributed by atoms with Crippen LogP contribution in [0, 0.1) is 13.8 Å². The van der Waals surface area contributed by atoms with E-state index in [1.165, 1.54) is 6.08 Å². The third kappa shape index (κ3) is 5.85. The van der Waals surface area contributed by atoms with Gasteiger partial charge >= 0.3 is 0 Å². The average molecular weight is 430 g/mol. The summed E-state index contributed by atoms with van der Waals surface area (Å²) in [5, 5.41) is 8.58. The molecule has 3 N–H and O–H groups in total. The van der Waals surface area contributed by atoms with Crippen LogP contribution in [-0.2, 0) is 14.4 Å². The molecule has 150 valence electrons. The fraction of sp³-hybridized carbons (Fsp3) is 0.190. The number of carbonyl (C=O) groups is 3. The fourth-order valence-corrected chi connectivity index (χ4v) is 3.88. The molecule has 1 saturated heterocycles. The summed E-state index contributed by atoms with van der Waals surface area (Å²) in [4.78, 5) is 36.7. The lowest BCUT2D eigenvalue weighted by Crippen LogP contribution is -2.27. The lowest BCUT2D eigenvalue weighted by atomic mass is 10.1. The molecule has 2 aromatic rings. The van der Waals surface area contributed by atoms with Gasteiger partial charge in [-0.15, -0.1) is 0 Å². The van der Waals surface area contributed by atoms with Crippen LogP contribution in [0.1, 0.15) is 17.5 Å². The van der Waals surface area contributed by atoms with Gasteiger partial charge in [-0.3, -0.25) is 14.4 Å². The van der Waals surface area contributed by atoms with Crippen molar-refractivity contribution in [1.82, 2.24) is 5.32 Å². The fourth-order valence-electron chi connectivity index (χ4n) is 2.71. The lowest BCUT2D eigenvalue weighted by Gasteiger charge is -2.10. The number of aryl methyl sites for hydroxylation is 2. The summed E-state index contributed by atoms with van der Waals surface area (Å²) in [6, 6.07) is 12.5. The van der Waals surface area contributed by atoms with Gasteiger partial charge in [-0.05, 0) is 55.3 Å². The summed E-state index contributed by atoms with van der Waals surface area (Å²) in [5.74, 6) is -0.925. The summed E-state index contributed by atoms with van der Waals surface area (Å²) in [6.07, 6.45) is 1.32. The molecule has 0 spiro atoms. The highest BCUT2D eigenvalue weighted by Gasteiger charge is 2.31. The Bertz CT molecular complexity index is 989. The van der Waals surface area contributed by atoms with E-state index in [1.54, 1.807) is 24.3 Å².